The number of hydrogen-bond acceptors (Lipinski definition) is 5. The van der Waals surface area contributed by atoms with E-state index in [1.54, 1.807) is 14.2 Å². The molecule has 18 heavy (non-hydrogen) atoms. The van der Waals surface area contributed by atoms with E-state index in [1.165, 1.54) is 19.3 Å². The van der Waals surface area contributed by atoms with Gasteiger partial charge in [0.15, 0.2) is 6.29 Å². The Morgan fingerprint density at radius 1 is 1.28 bits per heavy atom. The monoisotopic (exact) mass is 259 g/mol. The molecule has 1 fully saturated rings. The van der Waals surface area contributed by atoms with Crippen LogP contribution in [0.3, 0.4) is 0 Å². The van der Waals surface area contributed by atoms with Crippen LogP contribution < -0.4 is 11.2 Å². The van der Waals surface area contributed by atoms with Crippen LogP contribution in [0.25, 0.3) is 0 Å². The van der Waals surface area contributed by atoms with Crippen LogP contribution in [0.15, 0.2) is 0 Å². The number of hydrogen-bond donors (Lipinski definition) is 2. The molecule has 0 aromatic carbocycles. The number of rotatable bonds is 6. The van der Waals surface area contributed by atoms with E-state index >= 15 is 0 Å². The highest BCUT2D eigenvalue weighted by atomic mass is 16.7. The molecule has 0 aromatic rings. The van der Waals surface area contributed by atoms with Gasteiger partial charge >= 0.3 is 0 Å². The van der Waals surface area contributed by atoms with Gasteiger partial charge in [0, 0.05) is 32.8 Å². The molecule has 0 aromatic heterocycles. The van der Waals surface area contributed by atoms with Crippen molar-refractivity contribution in [2.24, 2.45) is 5.73 Å². The zero-order valence-electron chi connectivity index (χ0n) is 12.4. The van der Waals surface area contributed by atoms with Crippen molar-refractivity contribution < 1.29 is 9.47 Å². The number of methoxy groups -OCH3 is 2. The molecule has 5 nitrogen and oxygen atoms in total. The zero-order valence-corrected chi connectivity index (χ0v) is 12.4. The molecule has 3 unspecified atom stereocenters. The minimum Gasteiger partial charge on any atom is -0.354 e. The normalized spacial score (nSPS) is 29.5. The summed E-state index contributed by atoms with van der Waals surface area (Å²) >= 11 is 0. The third-order valence-electron chi connectivity index (χ3n) is 3.95. The van der Waals surface area contributed by atoms with Crippen LogP contribution in [0.4, 0.5) is 0 Å². The molecule has 108 valence electrons. The summed E-state index contributed by atoms with van der Waals surface area (Å²) in [6.45, 7) is 6.98. The average molecular weight is 259 g/mol. The summed E-state index contributed by atoms with van der Waals surface area (Å²) in [4.78, 5) is 0. The van der Waals surface area contributed by atoms with Gasteiger partial charge in [0.25, 0.3) is 0 Å². The smallest absolute Gasteiger partial charge is 0.177 e. The molecule has 0 saturated carbocycles. The fourth-order valence-corrected chi connectivity index (χ4v) is 2.75. The Labute approximate surface area is 111 Å². The Morgan fingerprint density at radius 2 is 1.78 bits per heavy atom. The van der Waals surface area contributed by atoms with Gasteiger partial charge in [-0.3, -0.25) is 0 Å². The van der Waals surface area contributed by atoms with E-state index in [9.17, 15) is 0 Å². The maximum Gasteiger partial charge on any atom is 0.177 e. The van der Waals surface area contributed by atoms with Crippen LogP contribution in [-0.4, -0.2) is 49.7 Å². The summed E-state index contributed by atoms with van der Waals surface area (Å²) in [5, 5.41) is 2.31. The van der Waals surface area contributed by atoms with Gasteiger partial charge in [0.05, 0.1) is 5.54 Å². The first kappa shape index (κ1) is 15.9. The van der Waals surface area contributed by atoms with Gasteiger partial charge in [-0.1, -0.05) is 6.42 Å². The van der Waals surface area contributed by atoms with E-state index < -0.39 is 5.54 Å². The van der Waals surface area contributed by atoms with Crippen molar-refractivity contribution in [3.05, 3.63) is 0 Å². The maximum atomic E-state index is 5.92. The summed E-state index contributed by atoms with van der Waals surface area (Å²) in [7, 11) is 3.29. The van der Waals surface area contributed by atoms with Crippen molar-refractivity contribution in [3.63, 3.8) is 0 Å². The van der Waals surface area contributed by atoms with Crippen LogP contribution in [0.5, 0.6) is 0 Å². The molecular formula is C13H29N3O2. The van der Waals surface area contributed by atoms with Crippen LogP contribution in [0.1, 0.15) is 40.0 Å². The fraction of sp³-hybridized carbons (Fsp3) is 1.00. The Balaban J connectivity index is 2.76. The third-order valence-corrected chi connectivity index (χ3v) is 3.95. The number of piperidine rings is 1. The van der Waals surface area contributed by atoms with Gasteiger partial charge in [-0.15, -0.1) is 0 Å². The van der Waals surface area contributed by atoms with Crippen molar-refractivity contribution in [2.45, 2.75) is 63.9 Å². The van der Waals surface area contributed by atoms with Crippen LogP contribution >= 0.6 is 0 Å². The Hall–Kier alpha value is -0.200. The molecule has 1 rings (SSSR count). The lowest BCUT2D eigenvalue weighted by Gasteiger charge is -2.46. The summed E-state index contributed by atoms with van der Waals surface area (Å²) in [5.41, 5.74) is 9.05. The van der Waals surface area contributed by atoms with Gasteiger partial charge in [-0.2, -0.15) is 0 Å². The molecule has 0 bridgehead atoms. The molecule has 1 aliphatic heterocycles. The van der Waals surface area contributed by atoms with Gasteiger partial charge < -0.3 is 15.2 Å². The van der Waals surface area contributed by atoms with Crippen LogP contribution in [-0.2, 0) is 9.47 Å². The fourth-order valence-electron chi connectivity index (χ4n) is 2.75. The molecule has 0 radical (unpaired) electrons. The number of hydrazine groups is 1. The SMILES string of the molecule is COC(OC)C(C)(CN)NN1C(C)CCCC1C. The second kappa shape index (κ2) is 6.82. The zero-order chi connectivity index (χ0) is 13.8. The highest BCUT2D eigenvalue weighted by Gasteiger charge is 2.38. The maximum absolute atomic E-state index is 5.92. The quantitative estimate of drug-likeness (QED) is 0.699. The second-order valence-corrected chi connectivity index (χ2v) is 5.57. The predicted octanol–water partition coefficient (Wildman–Crippen LogP) is 1.09. The molecule has 0 amide bonds. The van der Waals surface area contributed by atoms with Crippen molar-refractivity contribution in [2.75, 3.05) is 20.8 Å². The summed E-state index contributed by atoms with van der Waals surface area (Å²) in [5.74, 6) is 0. The third kappa shape index (κ3) is 3.42. The Morgan fingerprint density at radius 3 is 2.17 bits per heavy atom. The highest BCUT2D eigenvalue weighted by molar-refractivity contribution is 4.90. The standard InChI is InChI=1S/C13H29N3O2/c1-10-7-6-8-11(2)16(10)15-13(3,9-14)12(17-4)18-5/h10-12,15H,6-9,14H2,1-5H3. The first-order chi connectivity index (χ1) is 8.48. The first-order valence-corrected chi connectivity index (χ1v) is 6.80. The lowest BCUT2D eigenvalue weighted by atomic mass is 9.98. The molecular weight excluding hydrogens is 230 g/mol. The number of nitrogens with one attached hydrogen (secondary N) is 1. The highest BCUT2D eigenvalue weighted by Crippen LogP contribution is 2.23. The summed E-state index contributed by atoms with van der Waals surface area (Å²) in [6.07, 6.45) is 3.35. The molecule has 3 atom stereocenters. The van der Waals surface area contributed by atoms with Gasteiger partial charge in [-0.05, 0) is 33.6 Å². The number of nitrogens with zero attached hydrogens (tertiary/aromatic N) is 1. The predicted molar refractivity (Wildman–Crippen MR) is 73.0 cm³/mol. The summed E-state index contributed by atoms with van der Waals surface area (Å²) in [6, 6.07) is 1.02. The van der Waals surface area contributed by atoms with E-state index in [-0.39, 0.29) is 6.29 Å². The molecule has 3 N–H and O–H groups in total. The largest absolute Gasteiger partial charge is 0.354 e. The van der Waals surface area contributed by atoms with E-state index in [1.807, 2.05) is 6.92 Å². The molecule has 1 saturated heterocycles. The average Bonchev–Trinajstić information content (AvgIpc) is 2.35. The number of ether oxygens (including phenoxy) is 2. The van der Waals surface area contributed by atoms with Crippen molar-refractivity contribution in [1.82, 2.24) is 10.4 Å². The molecule has 1 heterocycles. The van der Waals surface area contributed by atoms with Gasteiger partial charge in [0.1, 0.15) is 0 Å². The van der Waals surface area contributed by atoms with Crippen molar-refractivity contribution >= 4 is 0 Å². The minimum absolute atomic E-state index is 0.358. The second-order valence-electron chi connectivity index (χ2n) is 5.57. The van der Waals surface area contributed by atoms with E-state index in [0.29, 0.717) is 18.6 Å². The van der Waals surface area contributed by atoms with E-state index in [4.69, 9.17) is 15.2 Å². The number of nitrogens with two attached hydrogens (primary N) is 1. The lowest BCUT2D eigenvalue weighted by molar-refractivity contribution is -0.171. The van der Waals surface area contributed by atoms with E-state index in [2.05, 4.69) is 24.3 Å². The molecule has 5 heteroatoms. The van der Waals surface area contributed by atoms with Gasteiger partial charge in [-0.25, -0.2) is 10.4 Å². The van der Waals surface area contributed by atoms with Gasteiger partial charge in [0.2, 0.25) is 0 Å². The van der Waals surface area contributed by atoms with Crippen LogP contribution in [0, 0.1) is 0 Å². The molecule has 0 aliphatic carbocycles. The van der Waals surface area contributed by atoms with E-state index in [0.717, 1.165) is 0 Å². The first-order valence-electron chi connectivity index (χ1n) is 6.80. The van der Waals surface area contributed by atoms with Crippen molar-refractivity contribution in [3.8, 4) is 0 Å². The Kier molecular flexibility index (Phi) is 6.01. The summed E-state index contributed by atoms with van der Waals surface area (Å²) < 4.78 is 10.8. The minimum atomic E-state index is -0.413. The molecule has 0 spiro atoms. The topological polar surface area (TPSA) is 59.8 Å². The Bertz CT molecular complexity index is 238. The molecule has 1 aliphatic rings. The lowest BCUT2D eigenvalue weighted by Crippen LogP contribution is -2.67. The van der Waals surface area contributed by atoms with Crippen LogP contribution in [0.2, 0.25) is 0 Å². The van der Waals surface area contributed by atoms with Crippen molar-refractivity contribution in [1.29, 1.82) is 0 Å².